The van der Waals surface area contributed by atoms with Crippen molar-refractivity contribution in [3.8, 4) is 0 Å². The molecule has 0 radical (unpaired) electrons. The number of alkyl halides is 3. The molecule has 0 aromatic heterocycles. The molecule has 0 aromatic rings. The third kappa shape index (κ3) is 2.77. The lowest BCUT2D eigenvalue weighted by atomic mass is 10.00. The highest BCUT2D eigenvalue weighted by molar-refractivity contribution is 8.15. The van der Waals surface area contributed by atoms with Crippen LogP contribution in [0, 0.1) is 0 Å². The number of nitrogens with zero attached hydrogens (tertiary/aromatic N) is 1. The number of halogens is 4. The SMILES string of the molecule is O=C=NC1(S(=O)(=O)Cl)C=CC=C(C(F)(F)F)C1. The summed E-state index contributed by atoms with van der Waals surface area (Å²) in [5.41, 5.74) is -1.14. The monoisotopic (exact) mass is 287 g/mol. The Morgan fingerprint density at radius 1 is 1.47 bits per heavy atom. The minimum absolute atomic E-state index is 0.695. The molecule has 4 nitrogen and oxygen atoms in total. The van der Waals surface area contributed by atoms with Gasteiger partial charge in [0.05, 0.1) is 0 Å². The van der Waals surface area contributed by atoms with Crippen molar-refractivity contribution in [2.45, 2.75) is 17.5 Å². The van der Waals surface area contributed by atoms with Crippen LogP contribution in [0.5, 0.6) is 0 Å². The number of isocyanates is 1. The molecule has 0 bridgehead atoms. The maximum atomic E-state index is 12.4. The molecule has 0 N–H and O–H groups in total. The van der Waals surface area contributed by atoms with Crippen LogP contribution in [-0.4, -0.2) is 25.5 Å². The summed E-state index contributed by atoms with van der Waals surface area (Å²) < 4.78 is 59.7. The minimum atomic E-state index is -4.71. The van der Waals surface area contributed by atoms with E-state index in [4.69, 9.17) is 10.7 Å². The fourth-order valence-electron chi connectivity index (χ4n) is 1.28. The van der Waals surface area contributed by atoms with Gasteiger partial charge in [0.25, 0.3) is 9.05 Å². The molecule has 1 unspecified atom stereocenters. The van der Waals surface area contributed by atoms with Crippen LogP contribution in [0.25, 0.3) is 0 Å². The van der Waals surface area contributed by atoms with Gasteiger partial charge in [-0.1, -0.05) is 12.2 Å². The average molecular weight is 288 g/mol. The van der Waals surface area contributed by atoms with E-state index in [0.29, 0.717) is 6.08 Å². The highest BCUT2D eigenvalue weighted by Crippen LogP contribution is 2.40. The number of carbonyl (C=O) groups excluding carboxylic acids is 1. The molecule has 0 spiro atoms. The largest absolute Gasteiger partial charge is 0.412 e. The van der Waals surface area contributed by atoms with Crippen LogP contribution in [0.1, 0.15) is 6.42 Å². The topological polar surface area (TPSA) is 63.6 Å². The Labute approximate surface area is 98.9 Å². The Hall–Kier alpha value is -1.11. The molecule has 9 heteroatoms. The first-order valence-corrected chi connectivity index (χ1v) is 6.42. The third-order valence-electron chi connectivity index (χ3n) is 2.12. The predicted molar refractivity (Wildman–Crippen MR) is 53.5 cm³/mol. The molecule has 0 aliphatic heterocycles. The Bertz CT molecular complexity index is 531. The minimum Gasteiger partial charge on any atom is -0.211 e. The first kappa shape index (κ1) is 14.0. The quantitative estimate of drug-likeness (QED) is 0.443. The Kier molecular flexibility index (Phi) is 3.52. The molecule has 0 saturated carbocycles. The van der Waals surface area contributed by atoms with E-state index in [1.54, 1.807) is 0 Å². The highest BCUT2D eigenvalue weighted by Gasteiger charge is 2.48. The second-order valence-corrected chi connectivity index (χ2v) is 6.01. The summed E-state index contributed by atoms with van der Waals surface area (Å²) in [5.74, 6) is 0. The van der Waals surface area contributed by atoms with Crippen molar-refractivity contribution in [3.05, 3.63) is 23.8 Å². The molecule has 0 aromatic carbocycles. The molecule has 0 saturated heterocycles. The van der Waals surface area contributed by atoms with Crippen molar-refractivity contribution < 1.29 is 26.4 Å². The van der Waals surface area contributed by atoms with Gasteiger partial charge in [0, 0.05) is 22.7 Å². The highest BCUT2D eigenvalue weighted by atomic mass is 35.7. The molecule has 1 aliphatic rings. The lowest BCUT2D eigenvalue weighted by Crippen LogP contribution is -2.35. The summed E-state index contributed by atoms with van der Waals surface area (Å²) in [6.45, 7) is 0. The zero-order chi connectivity index (χ0) is 13.3. The van der Waals surface area contributed by atoms with Gasteiger partial charge in [-0.05, 0) is 6.08 Å². The van der Waals surface area contributed by atoms with E-state index in [1.807, 2.05) is 0 Å². The van der Waals surface area contributed by atoms with Crippen molar-refractivity contribution in [2.24, 2.45) is 4.99 Å². The van der Waals surface area contributed by atoms with Crippen LogP contribution in [0.15, 0.2) is 28.8 Å². The second-order valence-electron chi connectivity index (χ2n) is 3.21. The first-order chi connectivity index (χ1) is 7.62. The second kappa shape index (κ2) is 4.29. The fourth-order valence-corrected chi connectivity index (χ4v) is 2.41. The van der Waals surface area contributed by atoms with Crippen LogP contribution >= 0.6 is 10.7 Å². The van der Waals surface area contributed by atoms with Crippen molar-refractivity contribution >= 4 is 25.8 Å². The summed E-state index contributed by atoms with van der Waals surface area (Å²) in [6.07, 6.45) is -2.49. The van der Waals surface area contributed by atoms with E-state index < -0.39 is 32.1 Å². The van der Waals surface area contributed by atoms with Gasteiger partial charge in [-0.25, -0.2) is 13.2 Å². The summed E-state index contributed by atoms with van der Waals surface area (Å²) in [7, 11) is 0.489. The van der Waals surface area contributed by atoms with Crippen molar-refractivity contribution in [3.63, 3.8) is 0 Å². The Morgan fingerprint density at radius 2 is 2.06 bits per heavy atom. The van der Waals surface area contributed by atoms with Crippen molar-refractivity contribution in [2.75, 3.05) is 0 Å². The summed E-state index contributed by atoms with van der Waals surface area (Å²) in [6, 6.07) is 0. The first-order valence-electron chi connectivity index (χ1n) is 4.11. The van der Waals surface area contributed by atoms with Gasteiger partial charge in [-0.2, -0.15) is 18.2 Å². The number of hydrogen-bond acceptors (Lipinski definition) is 4. The maximum Gasteiger partial charge on any atom is 0.412 e. The van der Waals surface area contributed by atoms with Gasteiger partial charge in [0.1, 0.15) is 0 Å². The maximum absolute atomic E-state index is 12.4. The molecule has 94 valence electrons. The molecule has 0 amide bonds. The molecule has 0 heterocycles. The average Bonchev–Trinajstić information content (AvgIpc) is 2.15. The predicted octanol–water partition coefficient (Wildman–Crippen LogP) is 2.04. The van der Waals surface area contributed by atoms with Gasteiger partial charge in [-0.3, -0.25) is 0 Å². The number of allylic oxidation sites excluding steroid dienone is 2. The Balaban J connectivity index is 3.31. The summed E-state index contributed by atoms with van der Waals surface area (Å²) in [4.78, 5) is 10.6. The number of rotatable bonds is 2. The normalized spacial score (nSPS) is 25.1. The number of aliphatic imine (C=N–C) groups is 1. The molecule has 1 atom stereocenters. The zero-order valence-corrected chi connectivity index (χ0v) is 9.60. The van der Waals surface area contributed by atoms with Gasteiger partial charge >= 0.3 is 6.18 Å². The van der Waals surface area contributed by atoms with Gasteiger partial charge in [0.15, 0.2) is 0 Å². The van der Waals surface area contributed by atoms with Crippen LogP contribution in [0.3, 0.4) is 0 Å². The van der Waals surface area contributed by atoms with Crippen LogP contribution in [0.4, 0.5) is 13.2 Å². The lowest BCUT2D eigenvalue weighted by molar-refractivity contribution is -0.0946. The molecular weight excluding hydrogens is 283 g/mol. The molecule has 1 rings (SSSR count). The zero-order valence-electron chi connectivity index (χ0n) is 8.03. The summed E-state index contributed by atoms with van der Waals surface area (Å²) >= 11 is 0. The molecule has 17 heavy (non-hydrogen) atoms. The van der Waals surface area contributed by atoms with Crippen molar-refractivity contribution in [1.29, 1.82) is 0 Å². The van der Waals surface area contributed by atoms with E-state index >= 15 is 0 Å². The molecular formula is C8H5ClF3NO3S. The van der Waals surface area contributed by atoms with Crippen LogP contribution in [0.2, 0.25) is 0 Å². The Morgan fingerprint density at radius 3 is 2.47 bits per heavy atom. The fraction of sp³-hybridized carbons (Fsp3) is 0.375. The standard InChI is InChI=1S/C8H5ClF3NO3S/c9-17(15,16)7(13-5-14)3-1-2-6(4-7)8(10,11)12/h1-3H,4H2. The van der Waals surface area contributed by atoms with Crippen molar-refractivity contribution in [1.82, 2.24) is 0 Å². The van der Waals surface area contributed by atoms with E-state index in [2.05, 4.69) is 4.99 Å². The smallest absolute Gasteiger partial charge is 0.211 e. The van der Waals surface area contributed by atoms with Gasteiger partial charge < -0.3 is 0 Å². The molecule has 0 fully saturated rings. The lowest BCUT2D eigenvalue weighted by Gasteiger charge is -2.25. The van der Waals surface area contributed by atoms with E-state index in [-0.39, 0.29) is 0 Å². The van der Waals surface area contributed by atoms with Gasteiger partial charge in [0.2, 0.25) is 11.0 Å². The van der Waals surface area contributed by atoms with E-state index in [0.717, 1.165) is 18.2 Å². The number of hydrogen-bond donors (Lipinski definition) is 0. The van der Waals surface area contributed by atoms with Crippen LogP contribution < -0.4 is 0 Å². The van der Waals surface area contributed by atoms with Crippen LogP contribution in [-0.2, 0) is 13.8 Å². The van der Waals surface area contributed by atoms with E-state index in [1.165, 1.54) is 0 Å². The third-order valence-corrected chi connectivity index (χ3v) is 4.14. The van der Waals surface area contributed by atoms with Gasteiger partial charge in [-0.15, -0.1) is 0 Å². The summed E-state index contributed by atoms with van der Waals surface area (Å²) in [5, 5.41) is 0. The molecule has 1 aliphatic carbocycles. The van der Waals surface area contributed by atoms with E-state index in [9.17, 15) is 26.4 Å².